The molecule has 0 spiro atoms. The molecule has 1 amide bonds. The van der Waals surface area contributed by atoms with Crippen molar-refractivity contribution in [3.05, 3.63) is 0 Å². The molecule has 3 nitrogen and oxygen atoms in total. The second-order valence-electron chi connectivity index (χ2n) is 5.38. The first-order chi connectivity index (χ1) is 6.46. The van der Waals surface area contributed by atoms with Gasteiger partial charge in [-0.05, 0) is 46.6 Å². The first-order valence-corrected chi connectivity index (χ1v) is 5.53. The minimum absolute atomic E-state index is 0. The molecule has 2 fully saturated rings. The fourth-order valence-corrected chi connectivity index (χ4v) is 2.42. The van der Waals surface area contributed by atoms with Crippen LogP contribution in [0, 0.1) is 0 Å². The molecule has 0 bridgehead atoms. The Balaban J connectivity index is 0.00000112. The molecule has 1 N–H and O–H groups in total. The molecule has 0 aromatic heterocycles. The highest BCUT2D eigenvalue weighted by Crippen LogP contribution is 2.33. The molecule has 0 aromatic rings. The van der Waals surface area contributed by atoms with Gasteiger partial charge in [0.1, 0.15) is 0 Å². The average molecular weight is 233 g/mol. The number of hydrogen-bond donors (Lipinski definition) is 1. The maximum absolute atomic E-state index is 12.2. The SMILES string of the molecule is CC1(C(=O)N2CCC2(C)C)CCCN1.Cl. The fraction of sp³-hybridized carbons (Fsp3) is 0.909. The smallest absolute Gasteiger partial charge is 0.243 e. The summed E-state index contributed by atoms with van der Waals surface area (Å²) in [6.45, 7) is 8.25. The van der Waals surface area contributed by atoms with Gasteiger partial charge in [0, 0.05) is 12.1 Å². The molecule has 1 unspecified atom stereocenters. The molecule has 2 rings (SSSR count). The molecule has 0 radical (unpaired) electrons. The highest BCUT2D eigenvalue weighted by atomic mass is 35.5. The van der Waals surface area contributed by atoms with Gasteiger partial charge in [-0.15, -0.1) is 12.4 Å². The van der Waals surface area contributed by atoms with Crippen LogP contribution in [0.4, 0.5) is 0 Å². The van der Waals surface area contributed by atoms with Gasteiger partial charge in [-0.25, -0.2) is 0 Å². The number of hydrogen-bond acceptors (Lipinski definition) is 2. The number of rotatable bonds is 1. The van der Waals surface area contributed by atoms with Crippen molar-refractivity contribution in [3.8, 4) is 0 Å². The van der Waals surface area contributed by atoms with E-state index in [-0.39, 0.29) is 23.5 Å². The Morgan fingerprint density at radius 3 is 2.27 bits per heavy atom. The van der Waals surface area contributed by atoms with Gasteiger partial charge >= 0.3 is 0 Å². The summed E-state index contributed by atoms with van der Waals surface area (Å²) in [5.41, 5.74) is -0.192. The molecule has 4 heteroatoms. The van der Waals surface area contributed by atoms with Crippen molar-refractivity contribution in [1.82, 2.24) is 10.2 Å². The van der Waals surface area contributed by atoms with Crippen LogP contribution in [-0.2, 0) is 4.79 Å². The van der Waals surface area contributed by atoms with Gasteiger partial charge in [-0.3, -0.25) is 4.79 Å². The van der Waals surface area contributed by atoms with E-state index >= 15 is 0 Å². The van der Waals surface area contributed by atoms with Crippen molar-refractivity contribution < 1.29 is 4.79 Å². The van der Waals surface area contributed by atoms with E-state index in [1.807, 2.05) is 11.8 Å². The molecule has 2 aliphatic heterocycles. The normalized spacial score (nSPS) is 33.1. The van der Waals surface area contributed by atoms with Crippen LogP contribution in [-0.4, -0.2) is 35.0 Å². The number of nitrogens with one attached hydrogen (secondary N) is 1. The van der Waals surface area contributed by atoms with Crippen molar-refractivity contribution in [1.29, 1.82) is 0 Å². The molecule has 0 aromatic carbocycles. The van der Waals surface area contributed by atoms with E-state index in [1.165, 1.54) is 0 Å². The quantitative estimate of drug-likeness (QED) is 0.744. The minimum atomic E-state index is -0.280. The maximum atomic E-state index is 12.2. The van der Waals surface area contributed by atoms with Crippen molar-refractivity contribution in [2.45, 2.75) is 51.1 Å². The van der Waals surface area contributed by atoms with Crippen LogP contribution < -0.4 is 5.32 Å². The summed E-state index contributed by atoms with van der Waals surface area (Å²) < 4.78 is 0. The highest BCUT2D eigenvalue weighted by molar-refractivity contribution is 5.87. The number of carbonyl (C=O) groups is 1. The Labute approximate surface area is 98.0 Å². The summed E-state index contributed by atoms with van der Waals surface area (Å²) in [6.07, 6.45) is 3.24. The van der Waals surface area contributed by atoms with E-state index in [0.717, 1.165) is 32.4 Å². The van der Waals surface area contributed by atoms with Crippen molar-refractivity contribution in [2.75, 3.05) is 13.1 Å². The van der Waals surface area contributed by atoms with E-state index < -0.39 is 0 Å². The Morgan fingerprint density at radius 1 is 1.27 bits per heavy atom. The van der Waals surface area contributed by atoms with Gasteiger partial charge in [0.05, 0.1) is 5.54 Å². The van der Waals surface area contributed by atoms with Crippen molar-refractivity contribution >= 4 is 18.3 Å². The third kappa shape index (κ3) is 2.00. The number of amides is 1. The van der Waals surface area contributed by atoms with Crippen molar-refractivity contribution in [2.24, 2.45) is 0 Å². The van der Waals surface area contributed by atoms with Gasteiger partial charge in [0.25, 0.3) is 0 Å². The molecule has 88 valence electrons. The average Bonchev–Trinajstić information content (AvgIpc) is 2.52. The predicted molar refractivity (Wildman–Crippen MR) is 63.3 cm³/mol. The van der Waals surface area contributed by atoms with Crippen LogP contribution in [0.3, 0.4) is 0 Å². The zero-order valence-electron chi connectivity index (χ0n) is 9.80. The molecular weight excluding hydrogens is 212 g/mol. The van der Waals surface area contributed by atoms with Crippen LogP contribution in [0.2, 0.25) is 0 Å². The van der Waals surface area contributed by atoms with Gasteiger partial charge in [0.15, 0.2) is 0 Å². The zero-order chi connectivity index (χ0) is 10.4. The monoisotopic (exact) mass is 232 g/mol. The predicted octanol–water partition coefficient (Wildman–Crippen LogP) is 1.56. The Morgan fingerprint density at radius 2 is 1.93 bits per heavy atom. The molecule has 2 aliphatic rings. The fourth-order valence-electron chi connectivity index (χ4n) is 2.42. The summed E-state index contributed by atoms with van der Waals surface area (Å²) in [4.78, 5) is 14.2. The number of halogens is 1. The van der Waals surface area contributed by atoms with E-state index in [1.54, 1.807) is 0 Å². The summed E-state index contributed by atoms with van der Waals surface area (Å²) in [5.74, 6) is 0.297. The second-order valence-corrected chi connectivity index (χ2v) is 5.38. The van der Waals surface area contributed by atoms with Gasteiger partial charge in [-0.2, -0.15) is 0 Å². The van der Waals surface area contributed by atoms with Crippen molar-refractivity contribution in [3.63, 3.8) is 0 Å². The van der Waals surface area contributed by atoms with Crippen LogP contribution in [0.25, 0.3) is 0 Å². The summed E-state index contributed by atoms with van der Waals surface area (Å²) in [7, 11) is 0. The van der Waals surface area contributed by atoms with Crippen LogP contribution in [0.5, 0.6) is 0 Å². The topological polar surface area (TPSA) is 32.3 Å². The van der Waals surface area contributed by atoms with Gasteiger partial charge in [0.2, 0.25) is 5.91 Å². The first-order valence-electron chi connectivity index (χ1n) is 5.53. The van der Waals surface area contributed by atoms with Gasteiger partial charge in [-0.1, -0.05) is 0 Å². The minimum Gasteiger partial charge on any atom is -0.336 e. The third-order valence-electron chi connectivity index (χ3n) is 3.76. The molecule has 1 atom stereocenters. The largest absolute Gasteiger partial charge is 0.336 e. The molecule has 0 aliphatic carbocycles. The first kappa shape index (κ1) is 12.8. The zero-order valence-corrected chi connectivity index (χ0v) is 10.6. The maximum Gasteiger partial charge on any atom is 0.243 e. The Kier molecular flexibility index (Phi) is 3.36. The molecular formula is C11H21ClN2O. The lowest BCUT2D eigenvalue weighted by atomic mass is 9.85. The number of nitrogens with zero attached hydrogens (tertiary/aromatic N) is 1. The lowest BCUT2D eigenvalue weighted by Crippen LogP contribution is -2.65. The lowest BCUT2D eigenvalue weighted by molar-refractivity contribution is -0.151. The lowest BCUT2D eigenvalue weighted by Gasteiger charge is -2.51. The Hall–Kier alpha value is -0.280. The third-order valence-corrected chi connectivity index (χ3v) is 3.76. The van der Waals surface area contributed by atoms with Crippen LogP contribution in [0.15, 0.2) is 0 Å². The Bertz CT molecular complexity index is 259. The van der Waals surface area contributed by atoms with E-state index in [0.29, 0.717) is 5.91 Å². The van der Waals surface area contributed by atoms with Gasteiger partial charge < -0.3 is 10.2 Å². The van der Waals surface area contributed by atoms with Crippen LogP contribution >= 0.6 is 12.4 Å². The number of carbonyl (C=O) groups excluding carboxylic acids is 1. The molecule has 2 heterocycles. The van der Waals surface area contributed by atoms with Crippen LogP contribution in [0.1, 0.15) is 40.0 Å². The molecule has 0 saturated carbocycles. The summed E-state index contributed by atoms with van der Waals surface area (Å²) in [6, 6.07) is 0. The standard InChI is InChI=1S/C11H20N2O.ClH/c1-10(2)6-8-13(10)9(14)11(3)5-4-7-12-11;/h12H,4-8H2,1-3H3;1H. The van der Waals surface area contributed by atoms with E-state index in [2.05, 4.69) is 19.2 Å². The number of likely N-dealkylation sites (tertiary alicyclic amines) is 1. The summed E-state index contributed by atoms with van der Waals surface area (Å²) >= 11 is 0. The molecule has 2 saturated heterocycles. The summed E-state index contributed by atoms with van der Waals surface area (Å²) in [5, 5.41) is 3.33. The highest BCUT2D eigenvalue weighted by Gasteiger charge is 2.47. The van der Waals surface area contributed by atoms with E-state index in [4.69, 9.17) is 0 Å². The molecule has 15 heavy (non-hydrogen) atoms. The van der Waals surface area contributed by atoms with E-state index in [9.17, 15) is 4.79 Å². The second kappa shape index (κ2) is 3.95.